The van der Waals surface area contributed by atoms with Crippen molar-refractivity contribution in [1.82, 2.24) is 24.9 Å². The average molecular weight is 719 g/mol. The molecule has 2 heterocycles. The van der Waals surface area contributed by atoms with Crippen molar-refractivity contribution in [2.45, 2.75) is 48.5 Å². The molecule has 1 unspecified atom stereocenters. The summed E-state index contributed by atoms with van der Waals surface area (Å²) in [6.45, 7) is 11.3. The number of rotatable bonds is 23. The molecule has 0 bridgehead atoms. The zero-order chi connectivity index (χ0) is 33.5. The molecule has 2 aromatic rings. The van der Waals surface area contributed by atoms with E-state index in [4.69, 9.17) is 41.1 Å². The molecule has 0 saturated carbocycles. The van der Waals surface area contributed by atoms with Crippen molar-refractivity contribution in [3.63, 3.8) is 0 Å². The molecule has 18 nitrogen and oxygen atoms in total. The fourth-order valence-electron chi connectivity index (χ4n) is 3.30. The highest BCUT2D eigenvalue weighted by molar-refractivity contribution is 7.68. The summed E-state index contributed by atoms with van der Waals surface area (Å²) in [7, 11) is -14.2. The predicted octanol–water partition coefficient (Wildman–Crippen LogP) is 2.76. The number of ether oxygens (including phenoxy) is 2. The van der Waals surface area contributed by atoms with E-state index in [-0.39, 0.29) is 87.9 Å². The van der Waals surface area contributed by atoms with Gasteiger partial charge in [-0.2, -0.15) is 28.9 Å². The van der Waals surface area contributed by atoms with Gasteiger partial charge >= 0.3 is 54.2 Å². The van der Waals surface area contributed by atoms with Crippen molar-refractivity contribution >= 4 is 53.2 Å². The van der Waals surface area contributed by atoms with E-state index < -0.39 is 36.7 Å². The fraction of sp³-hybridized carbons (Fsp3) is 0.696. The first kappa shape index (κ1) is 39.5. The van der Waals surface area contributed by atoms with Gasteiger partial charge in [-0.05, 0) is 53.0 Å². The van der Waals surface area contributed by atoms with Crippen molar-refractivity contribution in [2.24, 2.45) is 0 Å². The van der Waals surface area contributed by atoms with E-state index in [9.17, 15) is 18.6 Å². The molecular weight excluding hydrogens is 678 g/mol. The Morgan fingerprint density at radius 2 is 1.20 bits per heavy atom. The lowest BCUT2D eigenvalue weighted by molar-refractivity contribution is 0.191. The van der Waals surface area contributed by atoms with E-state index in [1.807, 2.05) is 0 Å². The minimum Gasteiger partial charge on any atom is -0.460 e. The molecule has 0 aromatic carbocycles. The van der Waals surface area contributed by atoms with Gasteiger partial charge in [-0.25, -0.2) is 0 Å². The Morgan fingerprint density at radius 1 is 0.689 bits per heavy atom. The Hall–Kier alpha value is -1.64. The molecule has 1 N–H and O–H groups in total. The lowest BCUT2D eigenvalue weighted by Gasteiger charge is -2.18. The van der Waals surface area contributed by atoms with Crippen LogP contribution in [0.1, 0.15) is 48.5 Å². The van der Waals surface area contributed by atoms with Crippen molar-refractivity contribution in [2.75, 3.05) is 59.5 Å². The first-order chi connectivity index (χ1) is 21.5. The minimum absolute atomic E-state index is 0.00801. The fourth-order valence-corrected chi connectivity index (χ4v) is 8.60. The summed E-state index contributed by atoms with van der Waals surface area (Å²) in [4.78, 5) is 31.7. The van der Waals surface area contributed by atoms with Crippen molar-refractivity contribution in [3.05, 3.63) is 6.07 Å². The molecule has 45 heavy (non-hydrogen) atoms. The quantitative estimate of drug-likeness (QED) is 0.129. The monoisotopic (exact) mass is 719 g/mol. The number of hydrogen-bond donors (Lipinski definition) is 1. The molecule has 0 saturated heterocycles. The van der Waals surface area contributed by atoms with E-state index in [1.165, 1.54) is 6.07 Å². The molecule has 0 spiro atoms. The van der Waals surface area contributed by atoms with Crippen molar-refractivity contribution in [3.8, 4) is 12.0 Å². The van der Waals surface area contributed by atoms with Gasteiger partial charge in [0, 0.05) is 6.07 Å². The smallest absolute Gasteiger partial charge is 0.460 e. The highest BCUT2D eigenvalue weighted by Gasteiger charge is 2.50. The molecule has 0 aliphatic rings. The second kappa shape index (κ2) is 19.2. The number of nitrogens with zero attached hydrogens (tertiary/aromatic N) is 5. The predicted molar refractivity (Wildman–Crippen MR) is 165 cm³/mol. The zero-order valence-corrected chi connectivity index (χ0v) is 29.9. The maximum absolute atomic E-state index is 13.5. The number of aromatic nitrogens is 5. The third kappa shape index (κ3) is 11.2. The second-order valence-corrected chi connectivity index (χ2v) is 15.0. The number of hydrogen-bond acceptors (Lipinski definition) is 18. The van der Waals surface area contributed by atoms with Gasteiger partial charge in [0.25, 0.3) is 5.57 Å². The summed E-state index contributed by atoms with van der Waals surface area (Å²) in [5.74, 6) is 0. The molecule has 0 aliphatic carbocycles. The topological polar surface area (TPSA) is 219 Å². The van der Waals surface area contributed by atoms with Crippen LogP contribution < -0.4 is 31.5 Å². The summed E-state index contributed by atoms with van der Waals surface area (Å²) in [6.07, 6.45) is 0. The van der Waals surface area contributed by atoms with E-state index in [0.717, 1.165) is 0 Å². The molecule has 0 aliphatic heterocycles. The molecule has 0 amide bonds. The largest absolute Gasteiger partial charge is 0.569 e. The van der Waals surface area contributed by atoms with Gasteiger partial charge in [0.1, 0.15) is 19.8 Å². The van der Waals surface area contributed by atoms with E-state index in [1.54, 1.807) is 48.5 Å². The van der Waals surface area contributed by atoms with Gasteiger partial charge in [-0.15, -0.1) is 14.5 Å². The lowest BCUT2D eigenvalue weighted by Crippen LogP contribution is -2.32. The minimum atomic E-state index is -4.06. The Labute approximate surface area is 263 Å². The Bertz CT molecular complexity index is 1320. The van der Waals surface area contributed by atoms with Crippen LogP contribution in [0.2, 0.25) is 0 Å². The van der Waals surface area contributed by atoms with Gasteiger partial charge in [0.2, 0.25) is 0 Å². The second-order valence-electron chi connectivity index (χ2n) is 7.98. The summed E-state index contributed by atoms with van der Waals surface area (Å²) in [5.41, 5.74) is -1.03. The van der Waals surface area contributed by atoms with Gasteiger partial charge < -0.3 is 27.6 Å². The molecular formula is C23H41N5O13P4+2. The SMILES string of the molecule is CCO[P+](=O)c1cc(P(=O)(OCC)OCC)nc(OCCOc2nc(P(=O)(OCC)OCC)nc([P+](O)(OCC)OCC)n2)n1. The summed E-state index contributed by atoms with van der Waals surface area (Å²) in [5, 5.41) is 0. The molecule has 0 radical (unpaired) electrons. The zero-order valence-electron chi connectivity index (χ0n) is 26.3. The summed E-state index contributed by atoms with van der Waals surface area (Å²) < 4.78 is 88.2. The van der Waals surface area contributed by atoms with Crippen molar-refractivity contribution < 1.29 is 59.7 Å². The molecule has 254 valence electrons. The molecule has 2 aromatic heterocycles. The Kier molecular flexibility index (Phi) is 16.9. The molecule has 1 atom stereocenters. The highest BCUT2D eigenvalue weighted by atomic mass is 31.2. The summed E-state index contributed by atoms with van der Waals surface area (Å²) in [6, 6.07) is 0.535. The van der Waals surface area contributed by atoms with E-state index in [2.05, 4.69) is 24.9 Å². The van der Waals surface area contributed by atoms with Gasteiger partial charge in [0.05, 0.1) is 39.6 Å². The Morgan fingerprint density at radius 3 is 1.69 bits per heavy atom. The van der Waals surface area contributed by atoms with Crippen LogP contribution in [-0.2, 0) is 45.4 Å². The maximum Gasteiger partial charge on any atom is 0.569 e. The summed E-state index contributed by atoms with van der Waals surface area (Å²) >= 11 is 0. The van der Waals surface area contributed by atoms with E-state index >= 15 is 0 Å². The van der Waals surface area contributed by atoms with Crippen LogP contribution >= 0.6 is 31.2 Å². The van der Waals surface area contributed by atoms with Crippen LogP contribution in [0.4, 0.5) is 0 Å². The van der Waals surface area contributed by atoms with E-state index in [0.29, 0.717) is 0 Å². The van der Waals surface area contributed by atoms with Gasteiger partial charge in [0.15, 0.2) is 5.44 Å². The normalized spacial score (nSPS) is 12.8. The highest BCUT2D eigenvalue weighted by Crippen LogP contribution is 2.55. The van der Waals surface area contributed by atoms with Crippen LogP contribution in [0.5, 0.6) is 12.0 Å². The average Bonchev–Trinajstić information content (AvgIpc) is 3.00. The maximum atomic E-state index is 13.5. The Balaban J connectivity index is 2.41. The van der Waals surface area contributed by atoms with Gasteiger partial charge in [-0.1, -0.05) is 0 Å². The van der Waals surface area contributed by atoms with Crippen LogP contribution in [-0.4, -0.2) is 89.3 Å². The third-order valence-corrected chi connectivity index (χ3v) is 11.7. The van der Waals surface area contributed by atoms with Crippen LogP contribution in [0, 0.1) is 0 Å². The standard InChI is InChI=1S/C23H41N5O13P4/c1-8-35-42(29)18-17-19(43(30,36-9-2)37-10-3)25-20(24-18)33-15-16-34-21-26-22(44(31,38-11-4)39-12-5)28-23(27-21)45(32,40-13-6)41-14-7/h17,31H,8-16H2,1-7H3/q+2. The lowest BCUT2D eigenvalue weighted by atomic mass is 10.7. The van der Waals surface area contributed by atoms with Crippen molar-refractivity contribution in [1.29, 1.82) is 0 Å². The third-order valence-electron chi connectivity index (χ3n) is 4.83. The van der Waals surface area contributed by atoms with Crippen LogP contribution in [0.15, 0.2) is 6.07 Å². The molecule has 0 fully saturated rings. The van der Waals surface area contributed by atoms with Gasteiger partial charge in [-0.3, -0.25) is 9.13 Å². The molecule has 2 rings (SSSR count). The van der Waals surface area contributed by atoms with Crippen LogP contribution in [0.25, 0.3) is 0 Å². The van der Waals surface area contributed by atoms with Crippen LogP contribution in [0.3, 0.4) is 0 Å². The molecule has 22 heteroatoms. The first-order valence-corrected chi connectivity index (χ1v) is 20.0. The first-order valence-electron chi connectivity index (χ1n) is 14.2.